The number of likely N-dealkylation sites (N-methyl/N-ethyl adjacent to an activating group) is 1. The molecule has 8 nitrogen and oxygen atoms in total. The van der Waals surface area contributed by atoms with Gasteiger partial charge in [0.15, 0.2) is 12.2 Å². The van der Waals surface area contributed by atoms with Crippen molar-refractivity contribution in [2.45, 2.75) is 71.3 Å². The molecule has 26 heavy (non-hydrogen) atoms. The zero-order chi connectivity index (χ0) is 19.9. The molecule has 1 heterocycles. The Kier molecular flexibility index (Phi) is 8.49. The Bertz CT molecular complexity index is 496. The van der Waals surface area contributed by atoms with Crippen LogP contribution in [-0.2, 0) is 28.6 Å². The molecule has 1 saturated heterocycles. The van der Waals surface area contributed by atoms with Crippen LogP contribution in [0.25, 0.3) is 0 Å². The van der Waals surface area contributed by atoms with Crippen molar-refractivity contribution in [2.75, 3.05) is 26.8 Å². The van der Waals surface area contributed by atoms with E-state index in [4.69, 9.17) is 14.2 Å². The number of carbonyl (C=O) groups excluding carboxylic acids is 3. The number of nitrogens with one attached hydrogen (secondary N) is 1. The molecular formula is C18H32N2O6. The van der Waals surface area contributed by atoms with Crippen LogP contribution in [0.15, 0.2) is 0 Å². The van der Waals surface area contributed by atoms with Gasteiger partial charge in [0, 0.05) is 19.2 Å². The summed E-state index contributed by atoms with van der Waals surface area (Å²) in [7, 11) is 1.49. The molecule has 0 spiro atoms. The van der Waals surface area contributed by atoms with Crippen LogP contribution in [-0.4, -0.2) is 73.3 Å². The van der Waals surface area contributed by atoms with E-state index >= 15 is 0 Å². The van der Waals surface area contributed by atoms with E-state index in [1.807, 2.05) is 20.8 Å². The Morgan fingerprint density at radius 3 is 2.42 bits per heavy atom. The molecule has 0 aliphatic carbocycles. The minimum absolute atomic E-state index is 0.0109. The Balaban J connectivity index is 2.38. The normalized spacial score (nSPS) is 19.5. The van der Waals surface area contributed by atoms with Gasteiger partial charge in [-0.15, -0.1) is 0 Å². The van der Waals surface area contributed by atoms with Gasteiger partial charge in [0.2, 0.25) is 5.91 Å². The van der Waals surface area contributed by atoms with E-state index < -0.39 is 24.1 Å². The Morgan fingerprint density at radius 1 is 1.23 bits per heavy atom. The van der Waals surface area contributed by atoms with Crippen LogP contribution in [0, 0.1) is 0 Å². The highest BCUT2D eigenvalue weighted by atomic mass is 16.6. The van der Waals surface area contributed by atoms with Crippen molar-refractivity contribution in [3.63, 3.8) is 0 Å². The average molecular weight is 372 g/mol. The molecule has 0 saturated carbocycles. The van der Waals surface area contributed by atoms with Gasteiger partial charge in [-0.25, -0.2) is 4.79 Å². The summed E-state index contributed by atoms with van der Waals surface area (Å²) in [6.45, 7) is 9.56. The van der Waals surface area contributed by atoms with Gasteiger partial charge in [0.25, 0.3) is 5.91 Å². The lowest BCUT2D eigenvalue weighted by atomic mass is 10.1. The second kappa shape index (κ2) is 9.87. The van der Waals surface area contributed by atoms with Crippen LogP contribution in [0.2, 0.25) is 0 Å². The lowest BCUT2D eigenvalue weighted by Crippen LogP contribution is -2.48. The van der Waals surface area contributed by atoms with Gasteiger partial charge in [0.1, 0.15) is 0 Å². The van der Waals surface area contributed by atoms with Crippen molar-refractivity contribution in [1.29, 1.82) is 0 Å². The Labute approximate surface area is 155 Å². The fourth-order valence-corrected chi connectivity index (χ4v) is 2.48. The third-order valence-electron chi connectivity index (χ3n) is 3.80. The SMILES string of the molecule is CC(OCC1CCCO1)C(=O)OC(C)C(=O)N(C)CC(=O)NC(C)(C)C. The molecule has 0 aromatic rings. The smallest absolute Gasteiger partial charge is 0.335 e. The van der Waals surface area contributed by atoms with Crippen molar-refractivity contribution < 1.29 is 28.6 Å². The molecule has 3 unspecified atom stereocenters. The third-order valence-corrected chi connectivity index (χ3v) is 3.80. The predicted octanol–water partition coefficient (Wildman–Crippen LogP) is 0.875. The zero-order valence-corrected chi connectivity index (χ0v) is 16.7. The van der Waals surface area contributed by atoms with E-state index in [1.54, 1.807) is 6.92 Å². The van der Waals surface area contributed by atoms with Gasteiger partial charge >= 0.3 is 5.97 Å². The molecule has 1 N–H and O–H groups in total. The van der Waals surface area contributed by atoms with Crippen molar-refractivity contribution >= 4 is 17.8 Å². The van der Waals surface area contributed by atoms with Gasteiger partial charge in [0.05, 0.1) is 19.3 Å². The average Bonchev–Trinajstić information content (AvgIpc) is 3.02. The molecule has 1 rings (SSSR count). The lowest BCUT2D eigenvalue weighted by molar-refractivity contribution is -0.168. The van der Waals surface area contributed by atoms with Crippen molar-refractivity contribution in [2.24, 2.45) is 0 Å². The first kappa shape index (κ1) is 22.4. The van der Waals surface area contributed by atoms with E-state index in [2.05, 4.69) is 5.32 Å². The van der Waals surface area contributed by atoms with E-state index in [0.29, 0.717) is 13.2 Å². The van der Waals surface area contributed by atoms with Crippen LogP contribution < -0.4 is 5.32 Å². The van der Waals surface area contributed by atoms with E-state index in [9.17, 15) is 14.4 Å². The molecule has 1 fully saturated rings. The summed E-state index contributed by atoms with van der Waals surface area (Å²) in [4.78, 5) is 37.5. The van der Waals surface area contributed by atoms with Crippen LogP contribution in [0.3, 0.4) is 0 Å². The maximum Gasteiger partial charge on any atom is 0.335 e. The largest absolute Gasteiger partial charge is 0.451 e. The molecule has 150 valence electrons. The second-order valence-electron chi connectivity index (χ2n) is 7.68. The summed E-state index contributed by atoms with van der Waals surface area (Å²) in [5.74, 6) is -1.34. The molecule has 0 aromatic heterocycles. The standard InChI is InChI=1S/C18H32N2O6/c1-12(16(22)20(6)10-15(21)19-18(3,4)5)26-17(23)13(2)25-11-14-8-7-9-24-14/h12-14H,7-11H2,1-6H3,(H,19,21). The van der Waals surface area contributed by atoms with Gasteiger partial charge in [-0.05, 0) is 47.5 Å². The number of amides is 2. The molecule has 0 bridgehead atoms. The first-order chi connectivity index (χ1) is 12.0. The van der Waals surface area contributed by atoms with E-state index in [0.717, 1.165) is 12.8 Å². The zero-order valence-electron chi connectivity index (χ0n) is 16.7. The van der Waals surface area contributed by atoms with Gasteiger partial charge in [-0.2, -0.15) is 0 Å². The highest BCUT2D eigenvalue weighted by molar-refractivity contribution is 5.88. The number of rotatable bonds is 8. The molecule has 3 atom stereocenters. The number of hydrogen-bond donors (Lipinski definition) is 1. The number of ether oxygens (including phenoxy) is 3. The summed E-state index contributed by atoms with van der Waals surface area (Å²) in [5, 5.41) is 2.77. The summed E-state index contributed by atoms with van der Waals surface area (Å²) in [6, 6.07) is 0. The van der Waals surface area contributed by atoms with Crippen molar-refractivity contribution in [3.05, 3.63) is 0 Å². The summed E-state index contributed by atoms with van der Waals surface area (Å²) in [5.41, 5.74) is -0.380. The molecule has 0 radical (unpaired) electrons. The maximum absolute atomic E-state index is 12.3. The van der Waals surface area contributed by atoms with Crippen molar-refractivity contribution in [3.8, 4) is 0 Å². The van der Waals surface area contributed by atoms with Crippen LogP contribution in [0.5, 0.6) is 0 Å². The monoisotopic (exact) mass is 372 g/mol. The first-order valence-electron chi connectivity index (χ1n) is 8.99. The molecule has 1 aliphatic rings. The van der Waals surface area contributed by atoms with Crippen LogP contribution in [0.4, 0.5) is 0 Å². The summed E-state index contributed by atoms with van der Waals surface area (Å²) < 4.78 is 16.1. The van der Waals surface area contributed by atoms with E-state index in [1.165, 1.54) is 18.9 Å². The highest BCUT2D eigenvalue weighted by Gasteiger charge is 2.27. The lowest BCUT2D eigenvalue weighted by Gasteiger charge is -2.25. The number of nitrogens with zero attached hydrogens (tertiary/aromatic N) is 1. The minimum atomic E-state index is -0.997. The first-order valence-corrected chi connectivity index (χ1v) is 8.99. The molecule has 8 heteroatoms. The van der Waals surface area contributed by atoms with Crippen LogP contribution in [0.1, 0.15) is 47.5 Å². The Hall–Kier alpha value is -1.67. The summed E-state index contributed by atoms with van der Waals surface area (Å²) in [6.07, 6.45) is 0.135. The van der Waals surface area contributed by atoms with Gasteiger partial charge in [-0.1, -0.05) is 0 Å². The minimum Gasteiger partial charge on any atom is -0.451 e. The van der Waals surface area contributed by atoms with Gasteiger partial charge < -0.3 is 24.4 Å². The fraction of sp³-hybridized carbons (Fsp3) is 0.833. The summed E-state index contributed by atoms with van der Waals surface area (Å²) >= 11 is 0. The number of carbonyl (C=O) groups is 3. The quantitative estimate of drug-likeness (QED) is 0.636. The predicted molar refractivity (Wildman–Crippen MR) is 95.5 cm³/mol. The topological polar surface area (TPSA) is 94.2 Å². The number of hydrogen-bond acceptors (Lipinski definition) is 6. The maximum atomic E-state index is 12.3. The third kappa shape index (κ3) is 8.14. The molecular weight excluding hydrogens is 340 g/mol. The highest BCUT2D eigenvalue weighted by Crippen LogP contribution is 2.13. The second-order valence-corrected chi connectivity index (χ2v) is 7.68. The Morgan fingerprint density at radius 2 is 1.88 bits per heavy atom. The van der Waals surface area contributed by atoms with Crippen molar-refractivity contribution in [1.82, 2.24) is 10.2 Å². The fourth-order valence-electron chi connectivity index (χ4n) is 2.48. The number of esters is 1. The molecule has 0 aromatic carbocycles. The molecule has 1 aliphatic heterocycles. The van der Waals surface area contributed by atoms with Crippen LogP contribution >= 0.6 is 0 Å². The van der Waals surface area contributed by atoms with E-state index in [-0.39, 0.29) is 24.1 Å². The van der Waals surface area contributed by atoms with Gasteiger partial charge in [-0.3, -0.25) is 9.59 Å². The molecule has 2 amide bonds.